The van der Waals surface area contributed by atoms with E-state index in [4.69, 9.17) is 5.11 Å². The highest BCUT2D eigenvalue weighted by atomic mass is 16.4. The summed E-state index contributed by atoms with van der Waals surface area (Å²) in [5.41, 5.74) is -0.667. The highest BCUT2D eigenvalue weighted by molar-refractivity contribution is 5.85. The number of nitroso groups, excluding NO2 is 1. The average molecular weight is 101 g/mol. The van der Waals surface area contributed by atoms with Gasteiger partial charge in [-0.1, -0.05) is 6.58 Å². The second-order valence-corrected chi connectivity index (χ2v) is 0.843. The quantitative estimate of drug-likeness (QED) is 0.403. The Labute approximate surface area is 39.4 Å². The molecule has 0 aromatic carbocycles. The van der Waals surface area contributed by atoms with Gasteiger partial charge >= 0.3 is 5.97 Å². The molecule has 1 N–H and O–H groups in total. The van der Waals surface area contributed by atoms with Gasteiger partial charge in [-0.05, 0) is 5.18 Å². The van der Waals surface area contributed by atoms with Crippen molar-refractivity contribution in [3.8, 4) is 0 Å². The Bertz CT molecular complexity index is 117. The lowest BCUT2D eigenvalue weighted by atomic mass is 10.5. The molecule has 0 aliphatic carbocycles. The standard InChI is InChI=1S/C3H3NO3/c1-2(4-7)3(5)6/h1H2,(H,5,6). The highest BCUT2D eigenvalue weighted by Crippen LogP contribution is 1.86. The fourth-order valence-electron chi connectivity index (χ4n) is 0.0390. The fraction of sp³-hybridized carbons (Fsp3) is 0. The zero-order valence-electron chi connectivity index (χ0n) is 3.42. The van der Waals surface area contributed by atoms with E-state index in [9.17, 15) is 9.70 Å². The Morgan fingerprint density at radius 1 is 1.71 bits per heavy atom. The van der Waals surface area contributed by atoms with Gasteiger partial charge in [-0.25, -0.2) is 4.79 Å². The minimum Gasteiger partial charge on any atom is -0.476 e. The predicted molar refractivity (Wildman–Crippen MR) is 22.6 cm³/mol. The Kier molecular flexibility index (Phi) is 1.72. The number of carboxylic acids is 1. The van der Waals surface area contributed by atoms with E-state index in [0.29, 0.717) is 0 Å². The number of rotatable bonds is 2. The Morgan fingerprint density at radius 3 is 2.14 bits per heavy atom. The summed E-state index contributed by atoms with van der Waals surface area (Å²) >= 11 is 0. The van der Waals surface area contributed by atoms with Gasteiger partial charge < -0.3 is 5.11 Å². The summed E-state index contributed by atoms with van der Waals surface area (Å²) in [7, 11) is 0. The molecular formula is C3H3NO3. The van der Waals surface area contributed by atoms with Crippen molar-refractivity contribution in [3.05, 3.63) is 17.2 Å². The van der Waals surface area contributed by atoms with Crippen LogP contribution in [0.1, 0.15) is 0 Å². The van der Waals surface area contributed by atoms with E-state index >= 15 is 0 Å². The second kappa shape index (κ2) is 2.07. The molecule has 0 aromatic rings. The van der Waals surface area contributed by atoms with Gasteiger partial charge in [-0.3, -0.25) is 0 Å². The summed E-state index contributed by atoms with van der Waals surface area (Å²) in [6, 6.07) is 0. The van der Waals surface area contributed by atoms with E-state index < -0.39 is 11.7 Å². The molecule has 0 amide bonds. The third kappa shape index (κ3) is 1.64. The maximum atomic E-state index is 9.54. The minimum absolute atomic E-state index is 0.667. The van der Waals surface area contributed by atoms with Crippen molar-refractivity contribution >= 4 is 5.97 Å². The Hall–Kier alpha value is -1.19. The molecule has 0 aliphatic heterocycles. The smallest absolute Gasteiger partial charge is 0.357 e. The van der Waals surface area contributed by atoms with Crippen LogP contribution in [0.2, 0.25) is 0 Å². The number of carboxylic acid groups (broad SMARTS) is 1. The number of aliphatic carboxylic acids is 1. The molecule has 0 aromatic heterocycles. The predicted octanol–water partition coefficient (Wildman–Crippen LogP) is 0.351. The zero-order valence-corrected chi connectivity index (χ0v) is 3.42. The van der Waals surface area contributed by atoms with Gasteiger partial charge in [-0.15, -0.1) is 4.91 Å². The Morgan fingerprint density at radius 2 is 2.14 bits per heavy atom. The molecule has 0 bridgehead atoms. The average Bonchev–Trinajstić information content (AvgIpc) is 1.65. The van der Waals surface area contributed by atoms with Gasteiger partial charge in [0.1, 0.15) is 0 Å². The van der Waals surface area contributed by atoms with Crippen LogP contribution in [0.4, 0.5) is 0 Å². The summed E-state index contributed by atoms with van der Waals surface area (Å²) in [6.45, 7) is 2.79. The maximum Gasteiger partial charge on any atom is 0.357 e. The van der Waals surface area contributed by atoms with E-state index in [1.165, 1.54) is 0 Å². The van der Waals surface area contributed by atoms with Gasteiger partial charge in [0.15, 0.2) is 5.70 Å². The van der Waals surface area contributed by atoms with Crippen LogP contribution >= 0.6 is 0 Å². The normalized spacial score (nSPS) is 7.43. The summed E-state index contributed by atoms with van der Waals surface area (Å²) in [4.78, 5) is 18.8. The molecule has 0 spiro atoms. The van der Waals surface area contributed by atoms with E-state index in [0.717, 1.165) is 0 Å². The molecule has 4 nitrogen and oxygen atoms in total. The monoisotopic (exact) mass is 101 g/mol. The molecule has 0 rings (SSSR count). The molecule has 0 saturated carbocycles. The number of nitrogens with zero attached hydrogens (tertiary/aromatic N) is 1. The number of hydrogen-bond donors (Lipinski definition) is 1. The lowest BCUT2D eigenvalue weighted by molar-refractivity contribution is -0.132. The molecule has 0 atom stereocenters. The highest BCUT2D eigenvalue weighted by Gasteiger charge is 1.99. The molecule has 0 saturated heterocycles. The van der Waals surface area contributed by atoms with Crippen LogP contribution in [0.15, 0.2) is 17.5 Å². The molecule has 38 valence electrons. The molecule has 0 heterocycles. The van der Waals surface area contributed by atoms with Crippen molar-refractivity contribution in [3.63, 3.8) is 0 Å². The van der Waals surface area contributed by atoms with E-state index in [-0.39, 0.29) is 0 Å². The largest absolute Gasteiger partial charge is 0.476 e. The van der Waals surface area contributed by atoms with Gasteiger partial charge in [0.05, 0.1) is 0 Å². The van der Waals surface area contributed by atoms with Crippen LogP contribution in [-0.4, -0.2) is 11.1 Å². The lowest BCUT2D eigenvalue weighted by Crippen LogP contribution is -1.93. The van der Waals surface area contributed by atoms with Crippen molar-refractivity contribution < 1.29 is 9.90 Å². The van der Waals surface area contributed by atoms with Crippen LogP contribution in [0.25, 0.3) is 0 Å². The first kappa shape index (κ1) is 5.81. The summed E-state index contributed by atoms with van der Waals surface area (Å²) in [5.74, 6) is -1.38. The van der Waals surface area contributed by atoms with Crippen molar-refractivity contribution in [2.45, 2.75) is 0 Å². The third-order valence-electron chi connectivity index (χ3n) is 0.357. The first-order chi connectivity index (χ1) is 3.18. The van der Waals surface area contributed by atoms with E-state index in [1.807, 2.05) is 5.18 Å². The summed E-state index contributed by atoms with van der Waals surface area (Å²) < 4.78 is 0. The van der Waals surface area contributed by atoms with Crippen LogP contribution in [0.5, 0.6) is 0 Å². The van der Waals surface area contributed by atoms with Gasteiger partial charge in [0, 0.05) is 0 Å². The van der Waals surface area contributed by atoms with Crippen molar-refractivity contribution in [1.82, 2.24) is 0 Å². The van der Waals surface area contributed by atoms with Crippen molar-refractivity contribution in [2.75, 3.05) is 0 Å². The van der Waals surface area contributed by atoms with Crippen LogP contribution < -0.4 is 0 Å². The van der Waals surface area contributed by atoms with Gasteiger partial charge in [0.2, 0.25) is 0 Å². The van der Waals surface area contributed by atoms with Crippen LogP contribution in [0, 0.1) is 4.91 Å². The van der Waals surface area contributed by atoms with Crippen LogP contribution in [0.3, 0.4) is 0 Å². The van der Waals surface area contributed by atoms with E-state index in [2.05, 4.69) is 6.58 Å². The summed E-state index contributed by atoms with van der Waals surface area (Å²) in [5, 5.41) is 9.83. The molecule has 0 unspecified atom stereocenters. The zero-order chi connectivity index (χ0) is 5.86. The van der Waals surface area contributed by atoms with Crippen molar-refractivity contribution in [1.29, 1.82) is 0 Å². The summed E-state index contributed by atoms with van der Waals surface area (Å²) in [6.07, 6.45) is 0. The second-order valence-electron chi connectivity index (χ2n) is 0.843. The molecule has 7 heavy (non-hydrogen) atoms. The topological polar surface area (TPSA) is 66.7 Å². The first-order valence-electron chi connectivity index (χ1n) is 1.44. The van der Waals surface area contributed by atoms with Crippen LogP contribution in [-0.2, 0) is 4.79 Å². The molecule has 0 aliphatic rings. The third-order valence-corrected chi connectivity index (χ3v) is 0.357. The van der Waals surface area contributed by atoms with Crippen molar-refractivity contribution in [2.24, 2.45) is 5.18 Å². The molecule has 0 fully saturated rings. The minimum atomic E-state index is -1.38. The first-order valence-corrected chi connectivity index (χ1v) is 1.44. The maximum absolute atomic E-state index is 9.54. The molecule has 0 radical (unpaired) electrons. The Balaban J connectivity index is 3.81. The fourth-order valence-corrected chi connectivity index (χ4v) is 0.0390. The van der Waals surface area contributed by atoms with E-state index in [1.54, 1.807) is 0 Å². The van der Waals surface area contributed by atoms with Gasteiger partial charge in [0.25, 0.3) is 0 Å². The van der Waals surface area contributed by atoms with Gasteiger partial charge in [-0.2, -0.15) is 0 Å². The molecule has 4 heteroatoms. The molecular weight excluding hydrogens is 98.0 g/mol. The number of hydrogen-bond acceptors (Lipinski definition) is 3. The SMILES string of the molecule is C=C(N=O)C(=O)O. The lowest BCUT2D eigenvalue weighted by Gasteiger charge is -1.77. The number of carbonyl (C=O) groups is 1.